The quantitative estimate of drug-likeness (QED) is 0.711. The van der Waals surface area contributed by atoms with E-state index in [4.69, 9.17) is 16.0 Å². The molecule has 0 fully saturated rings. The molecule has 0 aliphatic carbocycles. The van der Waals surface area contributed by atoms with Crippen molar-refractivity contribution in [3.63, 3.8) is 0 Å². The SMILES string of the molecule is CCCCC(=O)NCCc1nnc(S(=O)(=O)Cc2ccccc2Cl)o1. The second-order valence-corrected chi connectivity index (χ2v) is 7.79. The molecular formula is C16H20ClN3O4S. The maximum absolute atomic E-state index is 12.3. The summed E-state index contributed by atoms with van der Waals surface area (Å²) in [6.07, 6.45) is 2.52. The number of amides is 1. The summed E-state index contributed by atoms with van der Waals surface area (Å²) in [6.45, 7) is 2.32. The van der Waals surface area contributed by atoms with E-state index in [-0.39, 0.29) is 24.0 Å². The van der Waals surface area contributed by atoms with Crippen LogP contribution in [0.25, 0.3) is 0 Å². The van der Waals surface area contributed by atoms with Crippen LogP contribution in [0.4, 0.5) is 0 Å². The Morgan fingerprint density at radius 1 is 1.28 bits per heavy atom. The minimum atomic E-state index is -3.78. The van der Waals surface area contributed by atoms with Crippen molar-refractivity contribution in [1.29, 1.82) is 0 Å². The molecule has 25 heavy (non-hydrogen) atoms. The van der Waals surface area contributed by atoms with Crippen LogP contribution in [0.15, 0.2) is 33.9 Å². The molecule has 2 rings (SSSR count). The Balaban J connectivity index is 1.93. The maximum Gasteiger partial charge on any atom is 0.335 e. The van der Waals surface area contributed by atoms with Crippen molar-refractivity contribution in [3.8, 4) is 0 Å². The fraction of sp³-hybridized carbons (Fsp3) is 0.438. The number of nitrogens with one attached hydrogen (secondary N) is 1. The van der Waals surface area contributed by atoms with Gasteiger partial charge in [0, 0.05) is 24.4 Å². The number of aromatic nitrogens is 2. The molecule has 1 heterocycles. The molecule has 9 heteroatoms. The first-order valence-corrected chi connectivity index (χ1v) is 10.0. The van der Waals surface area contributed by atoms with Crippen molar-refractivity contribution in [2.24, 2.45) is 0 Å². The molecule has 0 radical (unpaired) electrons. The van der Waals surface area contributed by atoms with Gasteiger partial charge in [0.25, 0.3) is 0 Å². The van der Waals surface area contributed by atoms with Gasteiger partial charge in [0.15, 0.2) is 0 Å². The smallest absolute Gasteiger partial charge is 0.335 e. The predicted molar refractivity (Wildman–Crippen MR) is 92.9 cm³/mol. The highest BCUT2D eigenvalue weighted by Crippen LogP contribution is 2.21. The fourth-order valence-corrected chi connectivity index (χ4v) is 3.54. The highest BCUT2D eigenvalue weighted by molar-refractivity contribution is 7.90. The molecule has 1 aromatic carbocycles. The van der Waals surface area contributed by atoms with Gasteiger partial charge in [0.2, 0.25) is 21.6 Å². The summed E-state index contributed by atoms with van der Waals surface area (Å²) in [7, 11) is -3.78. The molecule has 0 atom stereocenters. The number of unbranched alkanes of at least 4 members (excludes halogenated alkanes) is 1. The monoisotopic (exact) mass is 385 g/mol. The van der Waals surface area contributed by atoms with Gasteiger partial charge in [0.1, 0.15) is 0 Å². The first-order valence-electron chi connectivity index (χ1n) is 7.97. The van der Waals surface area contributed by atoms with Crippen LogP contribution in [0.3, 0.4) is 0 Å². The highest BCUT2D eigenvalue weighted by atomic mass is 35.5. The predicted octanol–water partition coefficient (Wildman–Crippen LogP) is 2.55. The van der Waals surface area contributed by atoms with Crippen LogP contribution in [0.5, 0.6) is 0 Å². The van der Waals surface area contributed by atoms with E-state index in [1.165, 1.54) is 0 Å². The van der Waals surface area contributed by atoms with Crippen LogP contribution in [0, 0.1) is 0 Å². The molecule has 0 saturated heterocycles. The zero-order chi connectivity index (χ0) is 18.3. The first-order chi connectivity index (χ1) is 11.9. The lowest BCUT2D eigenvalue weighted by Crippen LogP contribution is -2.25. The molecule has 0 bridgehead atoms. The molecule has 0 spiro atoms. The summed E-state index contributed by atoms with van der Waals surface area (Å²) >= 11 is 5.99. The number of sulfone groups is 1. The summed E-state index contributed by atoms with van der Waals surface area (Å²) in [5.41, 5.74) is 0.465. The Bertz CT molecular complexity index is 820. The van der Waals surface area contributed by atoms with Gasteiger partial charge in [-0.2, -0.15) is 0 Å². The van der Waals surface area contributed by atoms with Gasteiger partial charge >= 0.3 is 5.22 Å². The van der Waals surface area contributed by atoms with Gasteiger partial charge in [-0.3, -0.25) is 4.79 Å². The van der Waals surface area contributed by atoms with Crippen LogP contribution in [0.1, 0.15) is 37.6 Å². The Morgan fingerprint density at radius 3 is 2.76 bits per heavy atom. The number of benzene rings is 1. The Morgan fingerprint density at radius 2 is 2.04 bits per heavy atom. The maximum atomic E-state index is 12.3. The van der Waals surface area contributed by atoms with Crippen LogP contribution < -0.4 is 5.32 Å². The number of halogens is 1. The number of hydrogen-bond donors (Lipinski definition) is 1. The average Bonchev–Trinajstić information content (AvgIpc) is 3.05. The average molecular weight is 386 g/mol. The second kappa shape index (κ2) is 8.96. The Labute approximate surface area is 151 Å². The summed E-state index contributed by atoms with van der Waals surface area (Å²) in [6, 6.07) is 6.67. The second-order valence-electron chi connectivity index (χ2n) is 5.52. The van der Waals surface area contributed by atoms with E-state index in [1.54, 1.807) is 24.3 Å². The van der Waals surface area contributed by atoms with E-state index in [2.05, 4.69) is 15.5 Å². The third kappa shape index (κ3) is 5.82. The fourth-order valence-electron chi connectivity index (χ4n) is 2.08. The summed E-state index contributed by atoms with van der Waals surface area (Å²) in [4.78, 5) is 11.5. The van der Waals surface area contributed by atoms with Crippen molar-refractivity contribution in [2.75, 3.05) is 6.54 Å². The highest BCUT2D eigenvalue weighted by Gasteiger charge is 2.24. The Hall–Kier alpha value is -1.93. The Kier molecular flexibility index (Phi) is 6.95. The minimum absolute atomic E-state index is 0.0482. The van der Waals surface area contributed by atoms with Gasteiger partial charge in [-0.15, -0.1) is 5.10 Å². The lowest BCUT2D eigenvalue weighted by molar-refractivity contribution is -0.121. The number of hydrogen-bond acceptors (Lipinski definition) is 6. The van der Waals surface area contributed by atoms with Crippen molar-refractivity contribution in [2.45, 2.75) is 43.6 Å². The molecule has 2 aromatic rings. The van der Waals surface area contributed by atoms with Crippen LogP contribution in [0.2, 0.25) is 5.02 Å². The number of carbonyl (C=O) groups excluding carboxylic acids is 1. The summed E-state index contributed by atoms with van der Waals surface area (Å²) in [5, 5.41) is 9.97. The van der Waals surface area contributed by atoms with Gasteiger partial charge in [-0.1, -0.05) is 48.2 Å². The normalized spacial score (nSPS) is 11.4. The van der Waals surface area contributed by atoms with Crippen LogP contribution in [-0.4, -0.2) is 31.1 Å². The van der Waals surface area contributed by atoms with Crippen molar-refractivity contribution < 1.29 is 17.6 Å². The number of nitrogens with zero attached hydrogens (tertiary/aromatic N) is 2. The molecule has 0 saturated carbocycles. The zero-order valence-electron chi connectivity index (χ0n) is 13.9. The van der Waals surface area contributed by atoms with E-state index in [0.717, 1.165) is 12.8 Å². The largest absolute Gasteiger partial charge is 0.412 e. The molecule has 1 aromatic heterocycles. The first kappa shape index (κ1) is 19.4. The molecule has 0 aliphatic heterocycles. The van der Waals surface area contributed by atoms with E-state index >= 15 is 0 Å². The third-order valence-corrected chi connectivity index (χ3v) is 5.19. The van der Waals surface area contributed by atoms with Gasteiger partial charge in [-0.25, -0.2) is 8.42 Å². The molecule has 1 N–H and O–H groups in total. The van der Waals surface area contributed by atoms with E-state index in [0.29, 0.717) is 23.6 Å². The van der Waals surface area contributed by atoms with Crippen molar-refractivity contribution in [3.05, 3.63) is 40.7 Å². The molecular weight excluding hydrogens is 366 g/mol. The standard InChI is InChI=1S/C16H20ClN3O4S/c1-2-3-8-14(21)18-10-9-15-19-20-16(24-15)25(22,23)11-12-6-4-5-7-13(12)17/h4-7H,2-3,8-11H2,1H3,(H,18,21). The van der Waals surface area contributed by atoms with E-state index in [1.807, 2.05) is 6.92 Å². The van der Waals surface area contributed by atoms with Gasteiger partial charge in [-0.05, 0) is 18.1 Å². The summed E-state index contributed by atoms with van der Waals surface area (Å²) < 4.78 is 29.9. The molecule has 1 amide bonds. The lowest BCUT2D eigenvalue weighted by Gasteiger charge is -2.03. The minimum Gasteiger partial charge on any atom is -0.412 e. The van der Waals surface area contributed by atoms with Gasteiger partial charge in [0.05, 0.1) is 5.75 Å². The van der Waals surface area contributed by atoms with Gasteiger partial charge < -0.3 is 9.73 Å². The number of rotatable bonds is 9. The zero-order valence-corrected chi connectivity index (χ0v) is 15.4. The number of carbonyl (C=O) groups is 1. The van der Waals surface area contributed by atoms with E-state index in [9.17, 15) is 13.2 Å². The topological polar surface area (TPSA) is 102 Å². The summed E-state index contributed by atoms with van der Waals surface area (Å²) in [5.74, 6) is -0.205. The van der Waals surface area contributed by atoms with E-state index < -0.39 is 15.1 Å². The third-order valence-electron chi connectivity index (χ3n) is 3.44. The van der Waals surface area contributed by atoms with Crippen molar-refractivity contribution >= 4 is 27.3 Å². The molecule has 7 nitrogen and oxygen atoms in total. The molecule has 136 valence electrons. The molecule has 0 unspecified atom stereocenters. The van der Waals surface area contributed by atoms with Crippen LogP contribution >= 0.6 is 11.6 Å². The lowest BCUT2D eigenvalue weighted by atomic mass is 10.2. The molecule has 0 aliphatic rings. The van der Waals surface area contributed by atoms with Crippen LogP contribution in [-0.2, 0) is 26.8 Å². The van der Waals surface area contributed by atoms with Crippen molar-refractivity contribution in [1.82, 2.24) is 15.5 Å².